The van der Waals surface area contributed by atoms with Gasteiger partial charge in [0, 0.05) is 30.7 Å². The van der Waals surface area contributed by atoms with Crippen LogP contribution in [0, 0.1) is 0 Å². The standard InChI is InChI=1S/C62H92F3N4O14P/c1-5-7-9-11-13-15-17-19-21-23-25-27-29-31-58(71)77-47-54(80-59(72)32-30-28-26-24-22-20-18-16-14-12-10-8-6-2)48-79-84(75,76)78-42-41-69(3,4)46-51-45-68(67-66-51)55-43-50-36-39-53(44-56(50)83-60(55)73)82-61(74)81-52-37-33-49(34-38-52)35-40-57(70)62(63,64)65/h33-34,36-39,43-45,54H,5-32,35,40-42,46-48H2,1-4H3. The van der Waals surface area contributed by atoms with Gasteiger partial charge in [0.05, 0.1) is 26.9 Å². The minimum absolute atomic E-state index is 0.0202. The van der Waals surface area contributed by atoms with E-state index in [4.69, 9.17) is 32.4 Å². The van der Waals surface area contributed by atoms with E-state index in [0.717, 1.165) is 38.5 Å². The first-order valence-electron chi connectivity index (χ1n) is 30.6. The zero-order chi connectivity index (χ0) is 61.1. The summed E-state index contributed by atoms with van der Waals surface area (Å²) < 4.78 is 89.5. The van der Waals surface area contributed by atoms with Gasteiger partial charge in [0.15, 0.2) is 11.8 Å². The van der Waals surface area contributed by atoms with Crippen LogP contribution >= 0.6 is 7.82 Å². The molecule has 0 saturated heterocycles. The van der Waals surface area contributed by atoms with Crippen molar-refractivity contribution in [2.24, 2.45) is 0 Å². The number of ketones is 1. The maximum absolute atomic E-state index is 13.2. The molecule has 0 fully saturated rings. The number of quaternary nitrogens is 1. The number of likely N-dealkylation sites (N-methyl/N-ethyl adjacent to an activating group) is 1. The first-order chi connectivity index (χ1) is 40.3. The van der Waals surface area contributed by atoms with Gasteiger partial charge < -0.3 is 41.8 Å². The number of fused-ring (bicyclic) bond motifs is 1. The average molecular weight is 1210 g/mol. The molecule has 22 heteroatoms. The number of benzene rings is 2. The number of hydrogen-bond acceptors (Lipinski definition) is 16. The van der Waals surface area contributed by atoms with E-state index in [-0.39, 0.29) is 72.8 Å². The second-order valence-corrected chi connectivity index (χ2v) is 23.9. The fraction of sp³-hybridized carbons (Fsp3) is 0.661. The molecule has 0 aliphatic carbocycles. The highest BCUT2D eigenvalue weighted by Gasteiger charge is 2.37. The molecule has 0 N–H and O–H groups in total. The summed E-state index contributed by atoms with van der Waals surface area (Å²) in [6.45, 7) is 3.61. The molecule has 84 heavy (non-hydrogen) atoms. The van der Waals surface area contributed by atoms with Gasteiger partial charge >= 0.3 is 29.9 Å². The van der Waals surface area contributed by atoms with Gasteiger partial charge in [-0.25, -0.2) is 14.3 Å². The number of halogens is 3. The molecule has 2 aromatic heterocycles. The van der Waals surface area contributed by atoms with Crippen LogP contribution in [0.2, 0.25) is 0 Å². The van der Waals surface area contributed by atoms with Crippen LogP contribution in [0.3, 0.4) is 0 Å². The number of alkyl halides is 3. The van der Waals surface area contributed by atoms with Gasteiger partial charge in [-0.2, -0.15) is 13.2 Å². The summed E-state index contributed by atoms with van der Waals surface area (Å²) in [6, 6.07) is 11.3. The van der Waals surface area contributed by atoms with E-state index in [9.17, 15) is 46.6 Å². The molecule has 0 amide bonds. The number of hydrogen-bond donors (Lipinski definition) is 0. The number of esters is 2. The third-order valence-corrected chi connectivity index (χ3v) is 15.4. The number of aromatic nitrogens is 3. The quantitative estimate of drug-likeness (QED) is 0.0100. The Labute approximate surface area is 494 Å². The number of unbranched alkanes of at least 4 members (excludes halogenated alkanes) is 24. The highest BCUT2D eigenvalue weighted by molar-refractivity contribution is 7.45. The van der Waals surface area contributed by atoms with Gasteiger partial charge in [0.2, 0.25) is 5.78 Å². The Morgan fingerprint density at radius 3 is 1.73 bits per heavy atom. The fourth-order valence-electron chi connectivity index (χ4n) is 9.45. The van der Waals surface area contributed by atoms with Crippen molar-refractivity contribution < 1.29 is 78.7 Å². The second kappa shape index (κ2) is 39.3. The SMILES string of the molecule is CCCCCCCCCCCCCCCC(=O)OCC(COP(=O)([O-])OCC[N+](C)(C)Cc1cn(-c2cc3ccc(OC(=O)Oc4ccc(CCC(=O)C(F)(F)F)cc4)cc3oc2=O)nn1)OC(=O)CCCCCCCCCCCCCCC. The monoisotopic (exact) mass is 1200 g/mol. The molecular weight excluding hydrogens is 1110 g/mol. The summed E-state index contributed by atoms with van der Waals surface area (Å²) in [7, 11) is -1.31. The molecule has 470 valence electrons. The van der Waals surface area contributed by atoms with Gasteiger partial charge in [-0.3, -0.25) is 18.9 Å². The molecule has 4 aromatic rings. The maximum Gasteiger partial charge on any atom is 0.519 e. The summed E-state index contributed by atoms with van der Waals surface area (Å²) in [5, 5.41) is 8.74. The molecule has 0 saturated carbocycles. The van der Waals surface area contributed by atoms with Crippen LogP contribution < -0.4 is 20.0 Å². The van der Waals surface area contributed by atoms with Gasteiger partial charge in [0.1, 0.15) is 49.1 Å². The average Bonchev–Trinajstić information content (AvgIpc) is 4.04. The van der Waals surface area contributed by atoms with Crippen molar-refractivity contribution in [3.8, 4) is 17.2 Å². The van der Waals surface area contributed by atoms with Gasteiger partial charge in [0.25, 0.3) is 7.82 Å². The number of carbonyl (C=O) groups excluding carboxylic acids is 4. The fourth-order valence-corrected chi connectivity index (χ4v) is 10.2. The van der Waals surface area contributed by atoms with E-state index in [1.54, 1.807) is 0 Å². The zero-order valence-electron chi connectivity index (χ0n) is 50.1. The van der Waals surface area contributed by atoms with Crippen LogP contribution in [0.5, 0.6) is 11.5 Å². The van der Waals surface area contributed by atoms with Crippen molar-refractivity contribution in [1.82, 2.24) is 15.0 Å². The summed E-state index contributed by atoms with van der Waals surface area (Å²) in [6.07, 6.45) is 24.1. The highest BCUT2D eigenvalue weighted by Crippen LogP contribution is 2.38. The number of Topliss-reactive ketones (excluding diaryl/α,β-unsaturated/α-hetero) is 1. The normalized spacial score (nSPS) is 13.0. The topological polar surface area (TPSA) is 225 Å². The molecule has 0 bridgehead atoms. The largest absolute Gasteiger partial charge is 0.756 e. The molecule has 2 atom stereocenters. The van der Waals surface area contributed by atoms with Crippen LogP contribution in [-0.4, -0.2) is 96.1 Å². The number of nitrogens with zero attached hydrogens (tertiary/aromatic N) is 4. The first kappa shape index (κ1) is 71.0. The van der Waals surface area contributed by atoms with Crippen molar-refractivity contribution in [2.45, 2.75) is 225 Å². The van der Waals surface area contributed by atoms with E-state index >= 15 is 0 Å². The number of ether oxygens (including phenoxy) is 4. The Morgan fingerprint density at radius 2 is 1.18 bits per heavy atom. The summed E-state index contributed by atoms with van der Waals surface area (Å²) in [5.41, 5.74) is 0.171. The van der Waals surface area contributed by atoms with Gasteiger partial charge in [-0.1, -0.05) is 185 Å². The predicted molar refractivity (Wildman–Crippen MR) is 312 cm³/mol. The predicted octanol–water partition coefficient (Wildman–Crippen LogP) is 14.5. The molecular formula is C62H92F3N4O14P. The van der Waals surface area contributed by atoms with Crippen molar-refractivity contribution >= 4 is 42.7 Å². The second-order valence-electron chi connectivity index (χ2n) is 22.5. The third-order valence-electron chi connectivity index (χ3n) is 14.4. The maximum atomic E-state index is 13.2. The minimum Gasteiger partial charge on any atom is -0.756 e. The minimum atomic E-state index is -4.93. The molecule has 18 nitrogen and oxygen atoms in total. The molecule has 0 aliphatic rings. The lowest BCUT2D eigenvalue weighted by Crippen LogP contribution is -2.41. The Bertz CT molecular complexity index is 2660. The number of rotatable bonds is 46. The van der Waals surface area contributed by atoms with Crippen molar-refractivity contribution in [1.29, 1.82) is 0 Å². The Hall–Kier alpha value is -5.47. The number of phosphoric ester groups is 1. The lowest BCUT2D eigenvalue weighted by atomic mass is 10.0. The summed E-state index contributed by atoms with van der Waals surface area (Å²) in [5.74, 6) is -2.81. The molecule has 4 rings (SSSR count). The zero-order valence-corrected chi connectivity index (χ0v) is 51.0. The Balaban J connectivity index is 1.21. The van der Waals surface area contributed by atoms with Crippen LogP contribution in [-0.2, 0) is 50.4 Å². The Kier molecular flexibility index (Phi) is 33.2. The van der Waals surface area contributed by atoms with E-state index in [2.05, 4.69) is 24.2 Å². The summed E-state index contributed by atoms with van der Waals surface area (Å²) in [4.78, 5) is 75.6. The van der Waals surface area contributed by atoms with E-state index < -0.39 is 62.6 Å². The van der Waals surface area contributed by atoms with E-state index in [1.165, 1.54) is 175 Å². The van der Waals surface area contributed by atoms with Crippen molar-refractivity contribution in [3.05, 3.63) is 76.4 Å². The van der Waals surface area contributed by atoms with E-state index in [0.29, 0.717) is 29.5 Å². The van der Waals surface area contributed by atoms with Gasteiger partial charge in [-0.15, -0.1) is 5.10 Å². The lowest BCUT2D eigenvalue weighted by Gasteiger charge is -2.30. The molecule has 0 radical (unpaired) electrons. The molecule has 2 aromatic carbocycles. The molecule has 2 heterocycles. The van der Waals surface area contributed by atoms with E-state index in [1.807, 2.05) is 14.1 Å². The number of phosphoric acid groups is 1. The molecule has 0 spiro atoms. The first-order valence-corrected chi connectivity index (χ1v) is 32.1. The van der Waals surface area contributed by atoms with Gasteiger partial charge in [-0.05, 0) is 55.2 Å². The lowest BCUT2D eigenvalue weighted by molar-refractivity contribution is -0.904. The van der Waals surface area contributed by atoms with Crippen molar-refractivity contribution in [3.63, 3.8) is 0 Å². The number of aryl methyl sites for hydroxylation is 1. The van der Waals surface area contributed by atoms with Crippen molar-refractivity contribution in [2.75, 3.05) is 40.5 Å². The summed E-state index contributed by atoms with van der Waals surface area (Å²) >= 11 is 0. The van der Waals surface area contributed by atoms with Crippen LogP contribution in [0.1, 0.15) is 211 Å². The number of carbonyl (C=O) groups is 4. The smallest absolute Gasteiger partial charge is 0.519 e. The Morgan fingerprint density at radius 1 is 0.667 bits per heavy atom. The molecule has 0 aliphatic heterocycles. The third kappa shape index (κ3) is 30.6. The highest BCUT2D eigenvalue weighted by atomic mass is 31.2. The van der Waals surface area contributed by atoms with Crippen LogP contribution in [0.25, 0.3) is 16.7 Å². The molecule has 2 unspecified atom stereocenters. The van der Waals surface area contributed by atoms with Crippen LogP contribution in [0.4, 0.5) is 18.0 Å². The van der Waals surface area contributed by atoms with Crippen LogP contribution in [0.15, 0.2) is 63.9 Å².